The van der Waals surface area contributed by atoms with Crippen LogP contribution >= 0.6 is 0 Å². The van der Waals surface area contributed by atoms with E-state index in [1.165, 1.54) is 7.05 Å². The maximum atomic E-state index is 12.7. The number of nitrogens with one attached hydrogen (secondary N) is 2. The van der Waals surface area contributed by atoms with Crippen LogP contribution in [-0.4, -0.2) is 71.8 Å². The second-order valence-corrected chi connectivity index (χ2v) is 6.06. The quantitative estimate of drug-likeness (QED) is 0.502. The predicted octanol–water partition coefficient (Wildman–Crippen LogP) is -2.01. The van der Waals surface area contributed by atoms with Gasteiger partial charge in [-0.05, 0) is 6.07 Å². The summed E-state index contributed by atoms with van der Waals surface area (Å²) in [5.74, 6) is -2.00. The Morgan fingerprint density at radius 2 is 1.76 bits per heavy atom. The second kappa shape index (κ2) is 6.17. The molecule has 0 aromatic heterocycles. The van der Waals surface area contributed by atoms with Crippen LogP contribution in [0.3, 0.4) is 0 Å². The zero-order chi connectivity index (χ0) is 18.2. The van der Waals surface area contributed by atoms with Gasteiger partial charge in [0.25, 0.3) is 5.91 Å². The fourth-order valence-electron chi connectivity index (χ4n) is 2.95. The van der Waals surface area contributed by atoms with Crippen LogP contribution in [-0.2, 0) is 20.1 Å². The van der Waals surface area contributed by atoms with Gasteiger partial charge in [0.05, 0.1) is 19.6 Å². The number of hydrogen-bond donors (Lipinski definition) is 3. The van der Waals surface area contributed by atoms with Gasteiger partial charge in [0.2, 0.25) is 17.7 Å². The maximum absolute atomic E-state index is 12.7. The molecule has 1 aromatic rings. The Labute approximate surface area is 143 Å². The first-order valence-electron chi connectivity index (χ1n) is 7.74. The zero-order valence-electron chi connectivity index (χ0n) is 13.6. The number of likely N-dealkylation sites (N-methyl/N-ethyl adjacent to an activating group) is 1. The van der Waals surface area contributed by atoms with Crippen LogP contribution in [0.4, 0.5) is 0 Å². The van der Waals surface area contributed by atoms with Crippen molar-refractivity contribution >= 4 is 23.6 Å². The third kappa shape index (κ3) is 2.93. The van der Waals surface area contributed by atoms with E-state index < -0.39 is 35.9 Å². The van der Waals surface area contributed by atoms with Gasteiger partial charge >= 0.3 is 0 Å². The first-order valence-corrected chi connectivity index (χ1v) is 7.74. The van der Waals surface area contributed by atoms with E-state index in [0.29, 0.717) is 5.56 Å². The van der Waals surface area contributed by atoms with E-state index in [2.05, 4.69) is 10.6 Å². The molecule has 3 N–H and O–H groups in total. The summed E-state index contributed by atoms with van der Waals surface area (Å²) in [4.78, 5) is 50.8. The molecule has 2 heterocycles. The molecular weight excluding hydrogens is 328 g/mol. The summed E-state index contributed by atoms with van der Waals surface area (Å²) < 4.78 is 0. The lowest BCUT2D eigenvalue weighted by Crippen LogP contribution is -2.56. The van der Waals surface area contributed by atoms with Crippen molar-refractivity contribution < 1.29 is 24.3 Å². The Kier molecular flexibility index (Phi) is 4.17. The Morgan fingerprint density at radius 1 is 1.04 bits per heavy atom. The number of amides is 4. The summed E-state index contributed by atoms with van der Waals surface area (Å²) in [5, 5.41) is 16.0. The van der Waals surface area contributed by atoms with Crippen LogP contribution in [0.25, 0.3) is 0 Å². The van der Waals surface area contributed by atoms with Gasteiger partial charge in [-0.3, -0.25) is 24.1 Å². The molecular formula is C16H18N4O5. The molecule has 1 unspecified atom stereocenters. The number of β-amino-alcohol motifs (C(OH)–C–C–N with tert-alkyl or cyclic N) is 1. The van der Waals surface area contributed by atoms with Crippen molar-refractivity contribution in [3.8, 4) is 0 Å². The Morgan fingerprint density at radius 3 is 2.52 bits per heavy atom. The number of carbonyl (C=O) groups excluding carboxylic acids is 4. The third-order valence-electron chi connectivity index (χ3n) is 4.36. The third-order valence-corrected chi connectivity index (χ3v) is 4.36. The highest BCUT2D eigenvalue weighted by atomic mass is 16.3. The molecule has 1 aromatic carbocycles. The molecule has 2 aliphatic rings. The van der Waals surface area contributed by atoms with Gasteiger partial charge in [-0.2, -0.15) is 0 Å². The van der Waals surface area contributed by atoms with E-state index in [-0.39, 0.29) is 25.2 Å². The number of benzene rings is 1. The fraction of sp³-hybridized carbons (Fsp3) is 0.375. The van der Waals surface area contributed by atoms with Crippen molar-refractivity contribution in [1.82, 2.24) is 20.4 Å². The van der Waals surface area contributed by atoms with Crippen molar-refractivity contribution in [2.24, 2.45) is 0 Å². The largest absolute Gasteiger partial charge is 0.365 e. The molecule has 1 saturated heterocycles. The minimum absolute atomic E-state index is 0.250. The molecule has 0 aliphatic carbocycles. The van der Waals surface area contributed by atoms with Crippen LogP contribution < -0.4 is 10.6 Å². The molecule has 0 radical (unpaired) electrons. The number of aliphatic hydroxyl groups is 1. The van der Waals surface area contributed by atoms with Crippen molar-refractivity contribution in [2.75, 3.05) is 33.2 Å². The van der Waals surface area contributed by atoms with E-state index in [1.807, 2.05) is 0 Å². The predicted molar refractivity (Wildman–Crippen MR) is 85.0 cm³/mol. The van der Waals surface area contributed by atoms with Crippen molar-refractivity contribution in [2.45, 2.75) is 5.72 Å². The summed E-state index contributed by atoms with van der Waals surface area (Å²) in [6.45, 7) is -1.24. The number of rotatable bonds is 0. The summed E-state index contributed by atoms with van der Waals surface area (Å²) in [6.07, 6.45) is 0. The average molecular weight is 346 g/mol. The van der Waals surface area contributed by atoms with Crippen LogP contribution in [0.2, 0.25) is 0 Å². The molecule has 132 valence electrons. The Hall–Kier alpha value is -2.94. The lowest BCUT2D eigenvalue weighted by atomic mass is 10.0. The van der Waals surface area contributed by atoms with E-state index in [4.69, 9.17) is 0 Å². The molecule has 2 aliphatic heterocycles. The lowest BCUT2D eigenvalue weighted by Gasteiger charge is -2.35. The number of fused-ring (bicyclic) bond motifs is 3. The number of nitrogens with zero attached hydrogens (tertiary/aromatic N) is 2. The first-order chi connectivity index (χ1) is 11.8. The Balaban J connectivity index is 1.99. The maximum Gasteiger partial charge on any atom is 0.257 e. The highest BCUT2D eigenvalue weighted by Crippen LogP contribution is 2.36. The molecule has 9 heteroatoms. The molecule has 1 atom stereocenters. The topological polar surface area (TPSA) is 119 Å². The Bertz CT molecular complexity index is 765. The fourth-order valence-corrected chi connectivity index (χ4v) is 2.95. The van der Waals surface area contributed by atoms with Gasteiger partial charge in [0, 0.05) is 18.2 Å². The number of carbonyl (C=O) groups is 4. The number of hydrogen-bond acceptors (Lipinski definition) is 5. The minimum atomic E-state index is -1.83. The summed E-state index contributed by atoms with van der Waals surface area (Å²) in [5.41, 5.74) is -1.22. The smallest absolute Gasteiger partial charge is 0.257 e. The summed E-state index contributed by atoms with van der Waals surface area (Å²) >= 11 is 0. The first kappa shape index (κ1) is 16.9. The van der Waals surface area contributed by atoms with Gasteiger partial charge < -0.3 is 20.6 Å². The minimum Gasteiger partial charge on any atom is -0.365 e. The standard InChI is InChI=1S/C16H18N4O5/c1-19-7-13(22)17-6-12(21)18-9-16(25)11-5-3-2-4-10(11)15(24)20(16)8-14(19)23/h2-5,25H,6-9H2,1H3,(H,17,22)(H,18,21). The molecule has 0 saturated carbocycles. The van der Waals surface area contributed by atoms with Gasteiger partial charge in [-0.25, -0.2) is 0 Å². The van der Waals surface area contributed by atoms with Gasteiger partial charge in [-0.15, -0.1) is 0 Å². The monoisotopic (exact) mass is 346 g/mol. The molecule has 9 nitrogen and oxygen atoms in total. The van der Waals surface area contributed by atoms with E-state index in [0.717, 1.165) is 9.80 Å². The van der Waals surface area contributed by atoms with E-state index in [9.17, 15) is 24.3 Å². The van der Waals surface area contributed by atoms with E-state index in [1.54, 1.807) is 24.3 Å². The van der Waals surface area contributed by atoms with Gasteiger partial charge in [0.1, 0.15) is 6.54 Å². The molecule has 1 fully saturated rings. The SMILES string of the molecule is CN1CC(=O)NCC(=O)NCC2(O)c3ccccc3C(=O)N2CC1=O. The normalized spacial score (nSPS) is 24.7. The van der Waals surface area contributed by atoms with Gasteiger partial charge in [0.15, 0.2) is 5.72 Å². The van der Waals surface area contributed by atoms with Crippen molar-refractivity contribution in [3.05, 3.63) is 35.4 Å². The highest BCUT2D eigenvalue weighted by molar-refractivity contribution is 6.02. The molecule has 3 rings (SSSR count). The van der Waals surface area contributed by atoms with E-state index >= 15 is 0 Å². The molecule has 4 amide bonds. The van der Waals surface area contributed by atoms with Crippen molar-refractivity contribution in [1.29, 1.82) is 0 Å². The van der Waals surface area contributed by atoms with Gasteiger partial charge in [-0.1, -0.05) is 18.2 Å². The molecule has 25 heavy (non-hydrogen) atoms. The van der Waals surface area contributed by atoms with Crippen LogP contribution in [0.1, 0.15) is 15.9 Å². The second-order valence-electron chi connectivity index (χ2n) is 6.06. The summed E-state index contributed by atoms with van der Waals surface area (Å²) in [6, 6.07) is 6.46. The van der Waals surface area contributed by atoms with Crippen LogP contribution in [0, 0.1) is 0 Å². The van der Waals surface area contributed by atoms with Crippen molar-refractivity contribution in [3.63, 3.8) is 0 Å². The van der Waals surface area contributed by atoms with Crippen LogP contribution in [0.15, 0.2) is 24.3 Å². The highest BCUT2D eigenvalue weighted by Gasteiger charge is 2.49. The van der Waals surface area contributed by atoms with Crippen LogP contribution in [0.5, 0.6) is 0 Å². The summed E-state index contributed by atoms with van der Waals surface area (Å²) in [7, 11) is 1.42. The molecule has 0 bridgehead atoms. The average Bonchev–Trinajstić information content (AvgIpc) is 2.80. The zero-order valence-corrected chi connectivity index (χ0v) is 13.6. The lowest BCUT2D eigenvalue weighted by molar-refractivity contribution is -0.143. The molecule has 0 spiro atoms.